The van der Waals surface area contributed by atoms with E-state index in [1.165, 1.54) is 31.7 Å². The van der Waals surface area contributed by atoms with Gasteiger partial charge in [-0.2, -0.15) is 11.8 Å². The van der Waals surface area contributed by atoms with E-state index in [2.05, 4.69) is 87.6 Å². The van der Waals surface area contributed by atoms with E-state index in [1.54, 1.807) is 0 Å². The van der Waals surface area contributed by atoms with Crippen LogP contribution in [-0.4, -0.2) is 17.5 Å². The summed E-state index contributed by atoms with van der Waals surface area (Å²) in [5, 5.41) is 3.66. The Bertz CT molecular complexity index is 408. The molecule has 1 fully saturated rings. The van der Waals surface area contributed by atoms with Crippen LogP contribution in [0.1, 0.15) is 20.3 Å². The van der Waals surface area contributed by atoms with Gasteiger partial charge in [-0.15, -0.1) is 0 Å². The summed E-state index contributed by atoms with van der Waals surface area (Å²) in [6.45, 7) is 4.72. The average molecular weight is 426 g/mol. The molecule has 0 amide bonds. The van der Waals surface area contributed by atoms with Crippen molar-refractivity contribution in [3.8, 4) is 0 Å². The molecule has 4 heteroatoms. The third-order valence-electron chi connectivity index (χ3n) is 2.90. The lowest BCUT2D eigenvalue weighted by Gasteiger charge is -2.35. The second-order valence-electron chi connectivity index (χ2n) is 5.35. The first-order valence-corrected chi connectivity index (χ1v) is 8.78. The maximum atomic E-state index is 3.66. The molecule has 0 aromatic heterocycles. The first-order valence-electron chi connectivity index (χ1n) is 5.76. The predicted molar refractivity (Wildman–Crippen MR) is 90.0 cm³/mol. The Labute approximate surface area is 130 Å². The smallest absolute Gasteiger partial charge is 0.0357 e. The van der Waals surface area contributed by atoms with Crippen molar-refractivity contribution in [2.45, 2.75) is 26.3 Å². The SMILES string of the molecule is CC1(C)CSCC(Nc2ccc(Br)c(I)c2)C1. The van der Waals surface area contributed by atoms with E-state index in [0.29, 0.717) is 11.5 Å². The summed E-state index contributed by atoms with van der Waals surface area (Å²) in [6.07, 6.45) is 1.26. The first kappa shape index (κ1) is 14.0. The summed E-state index contributed by atoms with van der Waals surface area (Å²) in [5.41, 5.74) is 1.70. The molecule has 1 aliphatic heterocycles. The van der Waals surface area contributed by atoms with Crippen molar-refractivity contribution in [1.82, 2.24) is 0 Å². The lowest BCUT2D eigenvalue weighted by molar-refractivity contribution is 0.358. The maximum Gasteiger partial charge on any atom is 0.0357 e. The summed E-state index contributed by atoms with van der Waals surface area (Å²) in [6, 6.07) is 7.07. The van der Waals surface area contributed by atoms with Gasteiger partial charge in [0, 0.05) is 25.5 Å². The zero-order chi connectivity index (χ0) is 12.5. The third kappa shape index (κ3) is 4.03. The second kappa shape index (κ2) is 5.70. The molecule has 1 saturated heterocycles. The Balaban J connectivity index is 2.03. The van der Waals surface area contributed by atoms with Crippen LogP contribution in [0.3, 0.4) is 0 Å². The van der Waals surface area contributed by atoms with Crippen molar-refractivity contribution in [2.75, 3.05) is 16.8 Å². The number of anilines is 1. The summed E-state index contributed by atoms with van der Waals surface area (Å²) in [4.78, 5) is 0. The Hall–Kier alpha value is 0.580. The summed E-state index contributed by atoms with van der Waals surface area (Å²) in [7, 11) is 0. The molecule has 2 rings (SSSR count). The molecule has 94 valence electrons. The molecular weight excluding hydrogens is 409 g/mol. The summed E-state index contributed by atoms with van der Waals surface area (Å²) in [5.74, 6) is 2.50. The van der Waals surface area contributed by atoms with Gasteiger partial charge >= 0.3 is 0 Å². The van der Waals surface area contributed by atoms with Crippen LogP contribution in [0.2, 0.25) is 0 Å². The maximum absolute atomic E-state index is 3.66. The number of thioether (sulfide) groups is 1. The zero-order valence-corrected chi connectivity index (χ0v) is 14.7. The molecule has 0 spiro atoms. The molecule has 17 heavy (non-hydrogen) atoms. The highest BCUT2D eigenvalue weighted by Gasteiger charge is 2.28. The minimum atomic E-state index is 0.461. The number of benzene rings is 1. The van der Waals surface area contributed by atoms with Crippen LogP contribution < -0.4 is 5.32 Å². The molecule has 1 aromatic carbocycles. The van der Waals surface area contributed by atoms with E-state index in [-0.39, 0.29) is 0 Å². The molecular formula is C13H17BrINS. The average Bonchev–Trinajstić information content (AvgIpc) is 2.22. The van der Waals surface area contributed by atoms with E-state index in [4.69, 9.17) is 0 Å². The van der Waals surface area contributed by atoms with Gasteiger partial charge in [0.25, 0.3) is 0 Å². The Morgan fingerprint density at radius 1 is 1.47 bits per heavy atom. The highest BCUT2D eigenvalue weighted by Crippen LogP contribution is 2.35. The van der Waals surface area contributed by atoms with Crippen molar-refractivity contribution in [2.24, 2.45) is 5.41 Å². The van der Waals surface area contributed by atoms with Gasteiger partial charge in [-0.05, 0) is 74.3 Å². The fourth-order valence-electron chi connectivity index (χ4n) is 2.18. The third-order valence-corrected chi connectivity index (χ3v) is 6.85. The molecule has 1 aliphatic rings. The first-order chi connectivity index (χ1) is 7.96. The number of hydrogen-bond donors (Lipinski definition) is 1. The van der Waals surface area contributed by atoms with Gasteiger partial charge in [-0.3, -0.25) is 0 Å². The molecule has 1 aromatic rings. The van der Waals surface area contributed by atoms with E-state index in [9.17, 15) is 0 Å². The van der Waals surface area contributed by atoms with E-state index in [0.717, 1.165) is 0 Å². The molecule has 1 atom stereocenters. The van der Waals surface area contributed by atoms with Gasteiger partial charge in [0.15, 0.2) is 0 Å². The van der Waals surface area contributed by atoms with Crippen molar-refractivity contribution in [1.29, 1.82) is 0 Å². The largest absolute Gasteiger partial charge is 0.381 e. The minimum Gasteiger partial charge on any atom is -0.381 e. The Morgan fingerprint density at radius 3 is 2.88 bits per heavy atom. The van der Waals surface area contributed by atoms with Crippen LogP contribution >= 0.6 is 50.3 Å². The van der Waals surface area contributed by atoms with Crippen molar-refractivity contribution in [3.05, 3.63) is 26.2 Å². The van der Waals surface area contributed by atoms with Crippen LogP contribution in [0.15, 0.2) is 22.7 Å². The molecule has 1 unspecified atom stereocenters. The van der Waals surface area contributed by atoms with Gasteiger partial charge in [-0.25, -0.2) is 0 Å². The van der Waals surface area contributed by atoms with E-state index in [1.807, 2.05) is 0 Å². The summed E-state index contributed by atoms with van der Waals surface area (Å²) < 4.78 is 2.43. The van der Waals surface area contributed by atoms with Crippen LogP contribution in [-0.2, 0) is 0 Å². The molecule has 0 bridgehead atoms. The van der Waals surface area contributed by atoms with E-state index < -0.39 is 0 Å². The lowest BCUT2D eigenvalue weighted by Crippen LogP contribution is -2.35. The molecule has 0 aliphatic carbocycles. The zero-order valence-electron chi connectivity index (χ0n) is 10.1. The summed E-state index contributed by atoms with van der Waals surface area (Å²) >= 11 is 7.96. The molecule has 0 saturated carbocycles. The topological polar surface area (TPSA) is 12.0 Å². The van der Waals surface area contributed by atoms with Gasteiger partial charge in [0.2, 0.25) is 0 Å². The number of nitrogens with one attached hydrogen (secondary N) is 1. The van der Waals surface area contributed by atoms with Gasteiger partial charge in [-0.1, -0.05) is 13.8 Å². The number of hydrogen-bond acceptors (Lipinski definition) is 2. The van der Waals surface area contributed by atoms with Gasteiger partial charge < -0.3 is 5.32 Å². The van der Waals surface area contributed by atoms with E-state index >= 15 is 0 Å². The van der Waals surface area contributed by atoms with Crippen LogP contribution in [0.5, 0.6) is 0 Å². The normalized spacial score (nSPS) is 23.4. The molecule has 1 heterocycles. The lowest BCUT2D eigenvalue weighted by atomic mass is 9.88. The number of rotatable bonds is 2. The highest BCUT2D eigenvalue weighted by molar-refractivity contribution is 14.1. The van der Waals surface area contributed by atoms with Crippen LogP contribution in [0.4, 0.5) is 5.69 Å². The molecule has 0 radical (unpaired) electrons. The van der Waals surface area contributed by atoms with Crippen molar-refractivity contribution >= 4 is 56.0 Å². The van der Waals surface area contributed by atoms with Gasteiger partial charge in [0.05, 0.1) is 0 Å². The van der Waals surface area contributed by atoms with Crippen LogP contribution in [0.25, 0.3) is 0 Å². The second-order valence-corrected chi connectivity index (χ2v) is 8.40. The Morgan fingerprint density at radius 2 is 2.24 bits per heavy atom. The standard InChI is InChI=1S/C13H17BrINS/c1-13(2)6-10(7-17-8-13)16-9-3-4-11(14)12(15)5-9/h3-5,10,16H,6-8H2,1-2H3. The predicted octanol–water partition coefficient (Wildman–Crippen LogP) is 5.00. The minimum absolute atomic E-state index is 0.461. The molecule has 1 N–H and O–H groups in total. The monoisotopic (exact) mass is 425 g/mol. The number of halogens is 2. The van der Waals surface area contributed by atoms with Crippen molar-refractivity contribution in [3.63, 3.8) is 0 Å². The van der Waals surface area contributed by atoms with Crippen LogP contribution in [0, 0.1) is 8.99 Å². The fraction of sp³-hybridized carbons (Fsp3) is 0.538. The van der Waals surface area contributed by atoms with Gasteiger partial charge in [0.1, 0.15) is 0 Å². The Kier molecular flexibility index (Phi) is 4.69. The highest BCUT2D eigenvalue weighted by atomic mass is 127. The van der Waals surface area contributed by atoms with Crippen molar-refractivity contribution < 1.29 is 0 Å². The fourth-order valence-corrected chi connectivity index (χ4v) is 4.21. The molecule has 1 nitrogen and oxygen atoms in total. The quantitative estimate of drug-likeness (QED) is 0.669.